The van der Waals surface area contributed by atoms with Gasteiger partial charge in [-0.2, -0.15) is 0 Å². The molecule has 0 aliphatic carbocycles. The Labute approximate surface area is 177 Å². The molecule has 0 unspecified atom stereocenters. The first kappa shape index (κ1) is 20.4. The van der Waals surface area contributed by atoms with Crippen LogP contribution in [0.3, 0.4) is 0 Å². The average Bonchev–Trinajstić information content (AvgIpc) is 3.17. The Kier molecular flexibility index (Phi) is 6.33. The summed E-state index contributed by atoms with van der Waals surface area (Å²) in [6.07, 6.45) is 2.13. The van der Waals surface area contributed by atoms with Crippen LogP contribution in [0.15, 0.2) is 54.6 Å². The molecular formula is C24H29N3O3. The number of carbonyl (C=O) groups excluding carboxylic acids is 2. The molecule has 6 heteroatoms. The molecule has 0 aromatic heterocycles. The van der Waals surface area contributed by atoms with Crippen LogP contribution in [-0.4, -0.2) is 49.5 Å². The van der Waals surface area contributed by atoms with Crippen molar-refractivity contribution in [3.05, 3.63) is 60.2 Å². The lowest BCUT2D eigenvalue weighted by Crippen LogP contribution is -2.46. The van der Waals surface area contributed by atoms with E-state index >= 15 is 0 Å². The average molecular weight is 408 g/mol. The summed E-state index contributed by atoms with van der Waals surface area (Å²) in [6.45, 7) is 3.29. The van der Waals surface area contributed by atoms with Gasteiger partial charge >= 0.3 is 0 Å². The van der Waals surface area contributed by atoms with E-state index in [0.29, 0.717) is 12.3 Å². The van der Waals surface area contributed by atoms with Gasteiger partial charge < -0.3 is 15.0 Å². The minimum absolute atomic E-state index is 0.0118. The largest absolute Gasteiger partial charge is 0.495 e. The lowest BCUT2D eigenvalue weighted by Gasteiger charge is -2.32. The zero-order valence-corrected chi connectivity index (χ0v) is 17.4. The Balaban J connectivity index is 1.28. The number of nitrogens with zero attached hydrogens (tertiary/aromatic N) is 2. The Hall–Kier alpha value is -2.86. The number of methoxy groups -OCH3 is 1. The molecule has 2 amide bonds. The number of hydrogen-bond acceptors (Lipinski definition) is 4. The number of ether oxygens (including phenoxy) is 1. The van der Waals surface area contributed by atoms with Crippen molar-refractivity contribution < 1.29 is 14.3 Å². The standard InChI is InChI=1S/C24H29N3O3/c1-30-22-10-6-5-9-21(22)27-17-19(15-23(27)28)24(29)25-20-11-13-26(14-12-20)16-18-7-3-2-4-8-18/h2-10,19-20H,11-17H2,1H3,(H,25,29)/t19-/m1/s1. The van der Waals surface area contributed by atoms with Crippen LogP contribution in [-0.2, 0) is 16.1 Å². The van der Waals surface area contributed by atoms with E-state index in [2.05, 4.69) is 34.5 Å². The first-order chi connectivity index (χ1) is 14.6. The Bertz CT molecular complexity index is 878. The monoisotopic (exact) mass is 407 g/mol. The minimum Gasteiger partial charge on any atom is -0.495 e. The van der Waals surface area contributed by atoms with Crippen molar-refractivity contribution in [2.45, 2.75) is 31.8 Å². The number of hydrogen-bond donors (Lipinski definition) is 1. The second-order valence-electron chi connectivity index (χ2n) is 8.12. The molecular weight excluding hydrogens is 378 g/mol. The van der Waals surface area contributed by atoms with Crippen molar-refractivity contribution in [2.75, 3.05) is 31.6 Å². The maximum atomic E-state index is 12.8. The maximum absolute atomic E-state index is 12.8. The van der Waals surface area contributed by atoms with Crippen LogP contribution in [0.1, 0.15) is 24.8 Å². The molecule has 6 nitrogen and oxygen atoms in total. The molecule has 30 heavy (non-hydrogen) atoms. The molecule has 2 aromatic rings. The molecule has 2 heterocycles. The second-order valence-corrected chi connectivity index (χ2v) is 8.12. The van der Waals surface area contributed by atoms with Gasteiger partial charge in [0.05, 0.1) is 18.7 Å². The predicted octanol–water partition coefficient (Wildman–Crippen LogP) is 2.83. The number of anilines is 1. The van der Waals surface area contributed by atoms with Crippen molar-refractivity contribution in [1.82, 2.24) is 10.2 Å². The van der Waals surface area contributed by atoms with Crippen molar-refractivity contribution in [3.8, 4) is 5.75 Å². The predicted molar refractivity (Wildman–Crippen MR) is 116 cm³/mol. The van der Waals surface area contributed by atoms with Gasteiger partial charge in [-0.15, -0.1) is 0 Å². The quantitative estimate of drug-likeness (QED) is 0.800. The van der Waals surface area contributed by atoms with E-state index in [-0.39, 0.29) is 30.2 Å². The van der Waals surface area contributed by atoms with E-state index in [4.69, 9.17) is 4.74 Å². The maximum Gasteiger partial charge on any atom is 0.227 e. The van der Waals surface area contributed by atoms with Crippen LogP contribution >= 0.6 is 0 Å². The third-order valence-electron chi connectivity index (χ3n) is 6.05. The van der Waals surface area contributed by atoms with Gasteiger partial charge in [-0.1, -0.05) is 42.5 Å². The van der Waals surface area contributed by atoms with Gasteiger partial charge in [0, 0.05) is 38.6 Å². The number of rotatable bonds is 6. The summed E-state index contributed by atoms with van der Waals surface area (Å²) in [6, 6.07) is 18.1. The van der Waals surface area contributed by atoms with Gasteiger partial charge in [0.15, 0.2) is 0 Å². The van der Waals surface area contributed by atoms with Gasteiger partial charge in [-0.25, -0.2) is 0 Å². The molecule has 2 aromatic carbocycles. The summed E-state index contributed by atoms with van der Waals surface area (Å²) >= 11 is 0. The first-order valence-corrected chi connectivity index (χ1v) is 10.6. The van der Waals surface area contributed by atoms with Crippen LogP contribution in [0, 0.1) is 5.92 Å². The summed E-state index contributed by atoms with van der Waals surface area (Å²) in [4.78, 5) is 29.5. The summed E-state index contributed by atoms with van der Waals surface area (Å²) in [5, 5.41) is 3.19. The van der Waals surface area contributed by atoms with Gasteiger partial charge in [0.1, 0.15) is 5.75 Å². The molecule has 1 atom stereocenters. The Morgan fingerprint density at radius 1 is 1.07 bits per heavy atom. The first-order valence-electron chi connectivity index (χ1n) is 10.6. The fourth-order valence-electron chi connectivity index (χ4n) is 4.36. The number of benzene rings is 2. The number of carbonyl (C=O) groups is 2. The van der Waals surface area contributed by atoms with Crippen LogP contribution < -0.4 is 15.0 Å². The molecule has 0 saturated carbocycles. The second kappa shape index (κ2) is 9.30. The van der Waals surface area contributed by atoms with Gasteiger partial charge in [0.25, 0.3) is 0 Å². The summed E-state index contributed by atoms with van der Waals surface area (Å²) in [7, 11) is 1.59. The van der Waals surface area contributed by atoms with Gasteiger partial charge in [-0.05, 0) is 30.5 Å². The molecule has 2 saturated heterocycles. The highest BCUT2D eigenvalue weighted by Gasteiger charge is 2.37. The lowest BCUT2D eigenvalue weighted by molar-refractivity contribution is -0.127. The molecule has 2 fully saturated rings. The van der Waals surface area contributed by atoms with Gasteiger partial charge in [-0.3, -0.25) is 14.5 Å². The van der Waals surface area contributed by atoms with Crippen LogP contribution in [0.2, 0.25) is 0 Å². The Morgan fingerprint density at radius 3 is 2.50 bits per heavy atom. The molecule has 0 spiro atoms. The third-order valence-corrected chi connectivity index (χ3v) is 6.05. The fraction of sp³-hybridized carbons (Fsp3) is 0.417. The van der Waals surface area contributed by atoms with Crippen molar-refractivity contribution in [1.29, 1.82) is 0 Å². The van der Waals surface area contributed by atoms with E-state index in [0.717, 1.165) is 38.2 Å². The number of nitrogens with one attached hydrogen (secondary N) is 1. The highest BCUT2D eigenvalue weighted by Crippen LogP contribution is 2.32. The molecule has 4 rings (SSSR count). The summed E-state index contributed by atoms with van der Waals surface area (Å²) in [5.41, 5.74) is 2.05. The SMILES string of the molecule is COc1ccccc1N1C[C@H](C(=O)NC2CCN(Cc3ccccc3)CC2)CC1=O. The van der Waals surface area contributed by atoms with Crippen molar-refractivity contribution in [2.24, 2.45) is 5.92 Å². The minimum atomic E-state index is -0.315. The summed E-state index contributed by atoms with van der Waals surface area (Å²) < 4.78 is 5.38. The van der Waals surface area contributed by atoms with E-state index in [9.17, 15) is 9.59 Å². The molecule has 0 bridgehead atoms. The fourth-order valence-corrected chi connectivity index (χ4v) is 4.36. The van der Waals surface area contributed by atoms with Crippen molar-refractivity contribution >= 4 is 17.5 Å². The van der Waals surface area contributed by atoms with Crippen LogP contribution in [0.25, 0.3) is 0 Å². The van der Waals surface area contributed by atoms with Crippen molar-refractivity contribution in [3.63, 3.8) is 0 Å². The third kappa shape index (κ3) is 4.65. The number of amides is 2. The van der Waals surface area contributed by atoms with E-state index in [1.54, 1.807) is 12.0 Å². The smallest absolute Gasteiger partial charge is 0.227 e. The zero-order chi connectivity index (χ0) is 20.9. The lowest BCUT2D eigenvalue weighted by atomic mass is 10.0. The number of likely N-dealkylation sites (tertiary alicyclic amines) is 1. The topological polar surface area (TPSA) is 61.9 Å². The molecule has 1 N–H and O–H groups in total. The van der Waals surface area contributed by atoms with E-state index < -0.39 is 0 Å². The number of piperidine rings is 1. The normalized spacial score (nSPS) is 20.4. The van der Waals surface area contributed by atoms with Crippen LogP contribution in [0.4, 0.5) is 5.69 Å². The molecule has 2 aliphatic rings. The highest BCUT2D eigenvalue weighted by molar-refractivity contribution is 6.01. The number of para-hydroxylation sites is 2. The van der Waals surface area contributed by atoms with Crippen LogP contribution in [0.5, 0.6) is 5.75 Å². The van der Waals surface area contributed by atoms with E-state index in [1.807, 2.05) is 30.3 Å². The highest BCUT2D eigenvalue weighted by atomic mass is 16.5. The Morgan fingerprint density at radius 2 is 1.77 bits per heavy atom. The summed E-state index contributed by atoms with van der Waals surface area (Å²) in [5.74, 6) is 0.294. The van der Waals surface area contributed by atoms with Gasteiger partial charge in [0.2, 0.25) is 11.8 Å². The van der Waals surface area contributed by atoms with E-state index in [1.165, 1.54) is 5.56 Å². The molecule has 0 radical (unpaired) electrons. The molecule has 2 aliphatic heterocycles. The molecule has 158 valence electrons. The zero-order valence-electron chi connectivity index (χ0n) is 17.4.